The second-order valence-corrected chi connectivity index (χ2v) is 6.27. The van der Waals surface area contributed by atoms with E-state index in [1.54, 1.807) is 5.57 Å². The van der Waals surface area contributed by atoms with Gasteiger partial charge >= 0.3 is 0 Å². The minimum atomic E-state index is 0. The number of ether oxygens (including phenoxy) is 1. The first-order chi connectivity index (χ1) is 7.01. The summed E-state index contributed by atoms with van der Waals surface area (Å²) in [6, 6.07) is 0. The summed E-state index contributed by atoms with van der Waals surface area (Å²) in [7, 11) is 0. The third kappa shape index (κ3) is 2.65. The first-order valence-electron chi connectivity index (χ1n) is 5.56. The Bertz CT molecular complexity index is 312. The van der Waals surface area contributed by atoms with Gasteiger partial charge in [-0.05, 0) is 42.3 Å². The molecule has 2 atom stereocenters. The normalized spacial score (nSPS) is 29.6. The molecule has 1 saturated carbocycles. The molecule has 0 heterocycles. The molecule has 0 aliphatic heterocycles. The minimum absolute atomic E-state index is 0. The smallest absolute Gasteiger partial charge is 0.216 e. The topological polar surface area (TPSA) is 9.23 Å². The molecule has 0 saturated heterocycles. The van der Waals surface area contributed by atoms with Crippen molar-refractivity contribution in [2.45, 2.75) is 33.1 Å². The van der Waals surface area contributed by atoms with Crippen molar-refractivity contribution >= 4 is 29.2 Å². The third-order valence-electron chi connectivity index (χ3n) is 4.20. The van der Waals surface area contributed by atoms with Crippen LogP contribution in [0, 0.1) is 17.3 Å². The van der Waals surface area contributed by atoms with E-state index in [2.05, 4.69) is 32.6 Å². The van der Waals surface area contributed by atoms with Crippen LogP contribution in [0.4, 0.5) is 0 Å². The second kappa shape index (κ2) is 5.41. The Kier molecular flexibility index (Phi) is 4.92. The number of thiocarbonyl (C=S) groups is 1. The minimum Gasteiger partial charge on any atom is -0.478 e. The van der Waals surface area contributed by atoms with Gasteiger partial charge in [-0.25, -0.2) is 0 Å². The van der Waals surface area contributed by atoms with Crippen molar-refractivity contribution in [3.63, 3.8) is 0 Å². The number of fused-ring (bicyclic) bond motifs is 1. The van der Waals surface area contributed by atoms with E-state index in [1.807, 2.05) is 0 Å². The van der Waals surface area contributed by atoms with E-state index in [9.17, 15) is 0 Å². The van der Waals surface area contributed by atoms with E-state index in [4.69, 9.17) is 17.0 Å². The van der Waals surface area contributed by atoms with E-state index < -0.39 is 0 Å². The fourth-order valence-electron chi connectivity index (χ4n) is 3.01. The maximum atomic E-state index is 5.23. The molecule has 16 heavy (non-hydrogen) atoms. The van der Waals surface area contributed by atoms with E-state index in [-0.39, 0.29) is 16.5 Å². The monoisotopic (exact) mass is 300 g/mol. The average molecular weight is 301 g/mol. The van der Waals surface area contributed by atoms with Crippen LogP contribution in [0.25, 0.3) is 0 Å². The maximum Gasteiger partial charge on any atom is 0.216 e. The van der Waals surface area contributed by atoms with Gasteiger partial charge in [-0.3, -0.25) is 0 Å². The maximum absolute atomic E-state index is 5.23. The summed E-state index contributed by atoms with van der Waals surface area (Å²) < 4.78 is 5.59. The molecule has 2 bridgehead atoms. The summed E-state index contributed by atoms with van der Waals surface area (Å²) in [5.41, 5.74) is 2.10. The van der Waals surface area contributed by atoms with Gasteiger partial charge in [0.15, 0.2) is 0 Å². The van der Waals surface area contributed by atoms with Gasteiger partial charge in [-0.1, -0.05) is 38.1 Å². The largest absolute Gasteiger partial charge is 0.478 e. The van der Waals surface area contributed by atoms with Gasteiger partial charge in [0.25, 0.3) is 0 Å². The molecular formula is C12H18NiOS2. The number of thiol groups is 1. The third-order valence-corrected chi connectivity index (χ3v) is 4.45. The zero-order valence-electron chi connectivity index (χ0n) is 9.64. The van der Waals surface area contributed by atoms with Gasteiger partial charge in [0.2, 0.25) is 4.38 Å². The van der Waals surface area contributed by atoms with Gasteiger partial charge in [-0.15, -0.1) is 0 Å². The predicted octanol–water partition coefficient (Wildman–Crippen LogP) is 3.60. The molecule has 3 aliphatic carbocycles. The standard InChI is InChI=1S/C12H18OS2.Ni/c1-12(2)9-4-3-8(10(12)7-9)5-6-13-11(14)15;/h3,9-10H,4-7H2,1-2H3,(H,14,15);. The van der Waals surface area contributed by atoms with Crippen molar-refractivity contribution in [2.24, 2.45) is 17.3 Å². The summed E-state index contributed by atoms with van der Waals surface area (Å²) in [6.07, 6.45) is 6.06. The SMILES string of the molecule is CC1(C)C2CC=C(CCOC(=S)S)C1C2.[Ni]. The summed E-state index contributed by atoms with van der Waals surface area (Å²) >= 11 is 8.72. The van der Waals surface area contributed by atoms with Crippen LogP contribution in [0.15, 0.2) is 11.6 Å². The van der Waals surface area contributed by atoms with Crippen LogP contribution < -0.4 is 0 Å². The van der Waals surface area contributed by atoms with Crippen LogP contribution in [-0.2, 0) is 21.2 Å². The first kappa shape index (κ1) is 14.5. The van der Waals surface area contributed by atoms with Crippen LogP contribution in [-0.4, -0.2) is 11.0 Å². The summed E-state index contributed by atoms with van der Waals surface area (Å²) in [4.78, 5) is 0. The van der Waals surface area contributed by atoms with Crippen LogP contribution in [0.1, 0.15) is 33.1 Å². The molecule has 1 fully saturated rings. The number of rotatable bonds is 3. The van der Waals surface area contributed by atoms with E-state index in [0.29, 0.717) is 16.4 Å². The van der Waals surface area contributed by atoms with Crippen molar-refractivity contribution in [3.8, 4) is 0 Å². The Morgan fingerprint density at radius 1 is 1.62 bits per heavy atom. The molecule has 1 nitrogen and oxygen atoms in total. The van der Waals surface area contributed by atoms with Gasteiger partial charge in [-0.2, -0.15) is 0 Å². The molecule has 4 heteroatoms. The van der Waals surface area contributed by atoms with Crippen molar-refractivity contribution in [1.82, 2.24) is 0 Å². The molecular weight excluding hydrogens is 283 g/mol. The zero-order chi connectivity index (χ0) is 11.1. The first-order valence-corrected chi connectivity index (χ1v) is 6.42. The number of hydrogen-bond acceptors (Lipinski definition) is 2. The Morgan fingerprint density at radius 3 is 2.81 bits per heavy atom. The Morgan fingerprint density at radius 2 is 2.31 bits per heavy atom. The van der Waals surface area contributed by atoms with Crippen molar-refractivity contribution in [3.05, 3.63) is 11.6 Å². The van der Waals surface area contributed by atoms with Crippen molar-refractivity contribution < 1.29 is 21.2 Å². The van der Waals surface area contributed by atoms with Crippen molar-refractivity contribution in [2.75, 3.05) is 6.61 Å². The average Bonchev–Trinajstić information content (AvgIpc) is 2.17. The molecule has 0 amide bonds. The molecule has 3 rings (SSSR count). The molecule has 0 N–H and O–H groups in total. The fraction of sp³-hybridized carbons (Fsp3) is 0.750. The Hall–Kier alpha value is 0.474. The zero-order valence-corrected chi connectivity index (χ0v) is 12.3. The Labute approximate surface area is 119 Å². The van der Waals surface area contributed by atoms with E-state index >= 15 is 0 Å². The van der Waals surface area contributed by atoms with Crippen molar-refractivity contribution in [1.29, 1.82) is 0 Å². The second-order valence-electron chi connectivity index (χ2n) is 5.19. The number of allylic oxidation sites excluding steroid dienone is 1. The predicted molar refractivity (Wildman–Crippen MR) is 70.2 cm³/mol. The molecule has 0 spiro atoms. The number of hydrogen-bond donors (Lipinski definition) is 1. The van der Waals surface area contributed by atoms with Crippen LogP contribution in [0.2, 0.25) is 0 Å². The molecule has 0 aromatic heterocycles. The summed E-state index contributed by atoms with van der Waals surface area (Å²) in [6.45, 7) is 5.47. The van der Waals surface area contributed by atoms with Gasteiger partial charge < -0.3 is 4.74 Å². The van der Waals surface area contributed by atoms with Gasteiger partial charge in [0.1, 0.15) is 0 Å². The summed E-state index contributed by atoms with van der Waals surface area (Å²) in [5.74, 6) is 1.70. The van der Waals surface area contributed by atoms with Crippen LogP contribution >= 0.6 is 24.8 Å². The van der Waals surface area contributed by atoms with E-state index in [0.717, 1.165) is 18.3 Å². The van der Waals surface area contributed by atoms with Crippen LogP contribution in [0.3, 0.4) is 0 Å². The van der Waals surface area contributed by atoms with Gasteiger partial charge in [0.05, 0.1) is 6.61 Å². The molecule has 0 aromatic carbocycles. The van der Waals surface area contributed by atoms with E-state index in [1.165, 1.54) is 12.8 Å². The molecule has 0 aromatic rings. The molecule has 0 radical (unpaired) electrons. The summed E-state index contributed by atoms with van der Waals surface area (Å²) in [5, 5.41) is 0. The Balaban J connectivity index is 0.00000128. The van der Waals surface area contributed by atoms with Gasteiger partial charge in [0, 0.05) is 22.9 Å². The molecule has 3 aliphatic rings. The molecule has 94 valence electrons. The van der Waals surface area contributed by atoms with Crippen LogP contribution in [0.5, 0.6) is 0 Å². The molecule has 2 unspecified atom stereocenters. The quantitative estimate of drug-likeness (QED) is 0.369. The fourth-order valence-corrected chi connectivity index (χ4v) is 3.19.